The van der Waals surface area contributed by atoms with Gasteiger partial charge >= 0.3 is 0 Å². The second-order valence-corrected chi connectivity index (χ2v) is 5.75. The first-order valence-electron chi connectivity index (χ1n) is 8.59. The Morgan fingerprint density at radius 2 is 1.88 bits per heavy atom. The van der Waals surface area contributed by atoms with E-state index in [1.165, 1.54) is 35.5 Å². The van der Waals surface area contributed by atoms with Crippen molar-refractivity contribution >= 4 is 10.9 Å². The number of nitrogens with zero attached hydrogens (tertiary/aromatic N) is 2. The highest BCUT2D eigenvalue weighted by Gasteiger charge is 2.21. The van der Waals surface area contributed by atoms with Crippen LogP contribution in [0.4, 0.5) is 4.39 Å². The van der Waals surface area contributed by atoms with Crippen molar-refractivity contribution in [1.82, 2.24) is 4.57 Å². The summed E-state index contributed by atoms with van der Waals surface area (Å²) in [6.45, 7) is 5.02. The first-order chi connectivity index (χ1) is 11.8. The molecule has 0 amide bonds. The Morgan fingerprint density at radius 1 is 1.08 bits per heavy atom. The van der Waals surface area contributed by atoms with Crippen molar-refractivity contribution in [3.8, 4) is 17.2 Å². The molecule has 0 fully saturated rings. The number of aromatic nitrogens is 1. The van der Waals surface area contributed by atoms with E-state index in [4.69, 9.17) is 5.26 Å². The second kappa shape index (κ2) is 6.88. The van der Waals surface area contributed by atoms with Crippen LogP contribution in [0, 0.1) is 17.1 Å². The van der Waals surface area contributed by atoms with Gasteiger partial charge in [0, 0.05) is 28.7 Å². The summed E-state index contributed by atoms with van der Waals surface area (Å²) in [5.41, 5.74) is 4.59. The summed E-state index contributed by atoms with van der Waals surface area (Å²) in [7, 11) is 0. The Morgan fingerprint density at radius 3 is 2.62 bits per heavy atom. The SMILES string of the molecule is CC.N#Cc1ccc(-c2c3n(c4ccccc24)CCCC3)cc1F. The Labute approximate surface area is 142 Å². The minimum Gasteiger partial charge on any atom is -0.344 e. The molecule has 3 aromatic rings. The molecule has 24 heavy (non-hydrogen) atoms. The van der Waals surface area contributed by atoms with Gasteiger partial charge in [-0.2, -0.15) is 5.26 Å². The molecule has 2 aromatic carbocycles. The van der Waals surface area contributed by atoms with Crippen LogP contribution in [0.15, 0.2) is 42.5 Å². The number of halogens is 1. The van der Waals surface area contributed by atoms with E-state index < -0.39 is 5.82 Å². The maximum atomic E-state index is 14.0. The molecule has 0 N–H and O–H groups in total. The van der Waals surface area contributed by atoms with Crippen LogP contribution in [0.1, 0.15) is 37.9 Å². The normalized spacial score (nSPS) is 12.9. The predicted molar refractivity (Wildman–Crippen MR) is 96.3 cm³/mol. The third-order valence-corrected chi connectivity index (χ3v) is 4.50. The Balaban J connectivity index is 0.000000815. The summed E-state index contributed by atoms with van der Waals surface area (Å²) in [6.07, 6.45) is 3.38. The van der Waals surface area contributed by atoms with Crippen LogP contribution in [0.5, 0.6) is 0 Å². The fraction of sp³-hybridized carbons (Fsp3) is 0.286. The first-order valence-corrected chi connectivity index (χ1v) is 8.59. The van der Waals surface area contributed by atoms with Gasteiger partial charge in [-0.3, -0.25) is 0 Å². The molecular weight excluding hydrogens is 299 g/mol. The second-order valence-electron chi connectivity index (χ2n) is 5.75. The van der Waals surface area contributed by atoms with Crippen LogP contribution in [0.25, 0.3) is 22.0 Å². The van der Waals surface area contributed by atoms with Crippen LogP contribution in [-0.2, 0) is 13.0 Å². The van der Waals surface area contributed by atoms with Crippen molar-refractivity contribution in [2.45, 2.75) is 39.7 Å². The van der Waals surface area contributed by atoms with E-state index in [2.05, 4.69) is 16.7 Å². The number of hydrogen-bond donors (Lipinski definition) is 0. The maximum Gasteiger partial charge on any atom is 0.141 e. The largest absolute Gasteiger partial charge is 0.344 e. The third-order valence-electron chi connectivity index (χ3n) is 4.50. The molecule has 0 saturated heterocycles. The number of fused-ring (bicyclic) bond motifs is 3. The minimum absolute atomic E-state index is 0.0983. The van der Waals surface area contributed by atoms with Gasteiger partial charge in [0.2, 0.25) is 0 Å². The molecule has 0 radical (unpaired) electrons. The van der Waals surface area contributed by atoms with E-state index in [9.17, 15) is 4.39 Å². The summed E-state index contributed by atoms with van der Waals surface area (Å²) in [6, 6.07) is 15.1. The van der Waals surface area contributed by atoms with Gasteiger partial charge in [0.15, 0.2) is 0 Å². The van der Waals surface area contributed by atoms with Gasteiger partial charge in [0.1, 0.15) is 11.9 Å². The van der Waals surface area contributed by atoms with Gasteiger partial charge in [-0.05, 0) is 43.0 Å². The van der Waals surface area contributed by atoms with E-state index in [0.717, 1.165) is 24.1 Å². The Bertz CT molecular complexity index is 915. The molecule has 0 atom stereocenters. The number of rotatable bonds is 1. The molecule has 1 aliphatic rings. The van der Waals surface area contributed by atoms with Crippen molar-refractivity contribution in [3.63, 3.8) is 0 Å². The molecule has 1 aliphatic heterocycles. The summed E-state index contributed by atoms with van der Waals surface area (Å²) >= 11 is 0. The maximum absolute atomic E-state index is 14.0. The van der Waals surface area contributed by atoms with E-state index in [0.29, 0.717) is 0 Å². The molecule has 4 rings (SSSR count). The zero-order valence-electron chi connectivity index (χ0n) is 14.1. The average molecular weight is 320 g/mol. The highest BCUT2D eigenvalue weighted by atomic mass is 19.1. The lowest BCUT2D eigenvalue weighted by molar-refractivity contribution is 0.546. The summed E-state index contributed by atoms with van der Waals surface area (Å²) in [4.78, 5) is 0. The molecule has 122 valence electrons. The number of benzene rings is 2. The standard InChI is InChI=1S/C19H15FN2.C2H6/c20-16-11-13(8-9-14(16)12-21)19-15-5-1-2-6-17(15)22-10-4-3-7-18(19)22;1-2/h1-2,5-6,8-9,11H,3-4,7,10H2;1-2H3. The van der Waals surface area contributed by atoms with Crippen molar-refractivity contribution in [2.24, 2.45) is 0 Å². The quantitative estimate of drug-likeness (QED) is 0.567. The topological polar surface area (TPSA) is 28.7 Å². The summed E-state index contributed by atoms with van der Waals surface area (Å²) in [5.74, 6) is -0.445. The molecule has 1 aromatic heterocycles. The van der Waals surface area contributed by atoms with Crippen LogP contribution in [0.3, 0.4) is 0 Å². The van der Waals surface area contributed by atoms with Gasteiger partial charge in [0.25, 0.3) is 0 Å². The lowest BCUT2D eigenvalue weighted by Gasteiger charge is -2.17. The molecule has 0 saturated carbocycles. The predicted octanol–water partition coefficient (Wildman–Crippen LogP) is 5.68. The fourth-order valence-electron chi connectivity index (χ4n) is 3.52. The van der Waals surface area contributed by atoms with Crippen LogP contribution in [0.2, 0.25) is 0 Å². The van der Waals surface area contributed by atoms with Crippen molar-refractivity contribution in [3.05, 3.63) is 59.5 Å². The smallest absolute Gasteiger partial charge is 0.141 e. The van der Waals surface area contributed by atoms with Crippen molar-refractivity contribution in [1.29, 1.82) is 5.26 Å². The first kappa shape index (κ1) is 16.3. The lowest BCUT2D eigenvalue weighted by atomic mass is 9.97. The van der Waals surface area contributed by atoms with Gasteiger partial charge in [0.05, 0.1) is 5.56 Å². The minimum atomic E-state index is -0.445. The van der Waals surface area contributed by atoms with Crippen molar-refractivity contribution in [2.75, 3.05) is 0 Å². The molecule has 0 aliphatic carbocycles. The van der Waals surface area contributed by atoms with E-state index >= 15 is 0 Å². The van der Waals surface area contributed by atoms with Crippen molar-refractivity contribution < 1.29 is 4.39 Å². The molecule has 2 heterocycles. The molecule has 0 bridgehead atoms. The number of nitriles is 1. The van der Waals surface area contributed by atoms with E-state index in [1.54, 1.807) is 6.07 Å². The molecule has 0 spiro atoms. The molecule has 3 heteroatoms. The number of hydrogen-bond acceptors (Lipinski definition) is 1. The highest BCUT2D eigenvalue weighted by Crippen LogP contribution is 2.38. The zero-order chi connectivity index (χ0) is 17.1. The van der Waals surface area contributed by atoms with Gasteiger partial charge in [-0.1, -0.05) is 38.1 Å². The Kier molecular flexibility index (Phi) is 4.66. The zero-order valence-corrected chi connectivity index (χ0v) is 14.1. The molecule has 0 unspecified atom stereocenters. The summed E-state index contributed by atoms with van der Waals surface area (Å²) in [5, 5.41) is 10.1. The van der Waals surface area contributed by atoms with Gasteiger partial charge < -0.3 is 4.57 Å². The van der Waals surface area contributed by atoms with Gasteiger partial charge in [-0.15, -0.1) is 0 Å². The molecular formula is C21H21FN2. The number of aryl methyl sites for hydroxylation is 1. The molecule has 2 nitrogen and oxygen atoms in total. The van der Waals surface area contributed by atoms with Crippen LogP contribution >= 0.6 is 0 Å². The van der Waals surface area contributed by atoms with Crippen LogP contribution in [-0.4, -0.2) is 4.57 Å². The summed E-state index contributed by atoms with van der Waals surface area (Å²) < 4.78 is 16.4. The monoisotopic (exact) mass is 320 g/mol. The number of para-hydroxylation sites is 1. The third kappa shape index (κ3) is 2.59. The fourth-order valence-corrected chi connectivity index (χ4v) is 3.52. The van der Waals surface area contributed by atoms with E-state index in [1.807, 2.05) is 38.1 Å². The van der Waals surface area contributed by atoms with Gasteiger partial charge in [-0.25, -0.2) is 4.39 Å². The average Bonchev–Trinajstić information content (AvgIpc) is 2.98. The lowest BCUT2D eigenvalue weighted by Crippen LogP contribution is -2.09. The Hall–Kier alpha value is -2.60. The van der Waals surface area contributed by atoms with Crippen LogP contribution < -0.4 is 0 Å². The van der Waals surface area contributed by atoms with E-state index in [-0.39, 0.29) is 5.56 Å². The highest BCUT2D eigenvalue weighted by molar-refractivity contribution is 5.98.